The molecule has 5 nitrogen and oxygen atoms in total. The Bertz CT molecular complexity index is 745. The van der Waals surface area contributed by atoms with E-state index < -0.39 is 12.0 Å². The molecule has 0 saturated carbocycles. The van der Waals surface area contributed by atoms with E-state index in [9.17, 15) is 14.7 Å². The maximum atomic E-state index is 12.1. The van der Waals surface area contributed by atoms with Gasteiger partial charge in [-0.3, -0.25) is 4.79 Å². The van der Waals surface area contributed by atoms with Crippen molar-refractivity contribution in [3.63, 3.8) is 0 Å². The molecule has 0 fully saturated rings. The molecule has 0 aromatic heterocycles. The van der Waals surface area contributed by atoms with Crippen molar-refractivity contribution in [3.05, 3.63) is 58.1 Å². The quantitative estimate of drug-likeness (QED) is 0.796. The fourth-order valence-corrected chi connectivity index (χ4v) is 2.96. The van der Waals surface area contributed by atoms with Crippen molar-refractivity contribution >= 4 is 39.2 Å². The highest BCUT2D eigenvalue weighted by Gasteiger charge is 2.32. The number of carboxylic acid groups (broad SMARTS) is 1. The van der Waals surface area contributed by atoms with Crippen LogP contribution in [0.2, 0.25) is 0 Å². The molecule has 2 aromatic carbocycles. The molecule has 0 spiro atoms. The van der Waals surface area contributed by atoms with E-state index in [-0.39, 0.29) is 11.5 Å². The summed E-state index contributed by atoms with van der Waals surface area (Å²) in [5, 5.41) is 15.0. The zero-order valence-corrected chi connectivity index (χ0v) is 12.3. The standard InChI is InChI=1S/C15H11BrN2O3/c16-9-5-3-7-11-12(9)13(14(19)18-11)17-10-6-2-1-4-8(10)15(20)21/h1-7,13,17H,(H,18,19)(H,20,21). The van der Waals surface area contributed by atoms with Gasteiger partial charge in [0.1, 0.15) is 6.04 Å². The Hall–Kier alpha value is -2.34. The van der Waals surface area contributed by atoms with Crippen LogP contribution < -0.4 is 10.6 Å². The summed E-state index contributed by atoms with van der Waals surface area (Å²) in [6, 6.07) is 11.4. The number of benzene rings is 2. The first-order chi connectivity index (χ1) is 10.1. The number of halogens is 1. The number of anilines is 2. The number of rotatable bonds is 3. The fourth-order valence-electron chi connectivity index (χ4n) is 2.36. The minimum Gasteiger partial charge on any atom is -0.478 e. The molecule has 1 heterocycles. The molecule has 2 aromatic rings. The van der Waals surface area contributed by atoms with Gasteiger partial charge in [-0.05, 0) is 24.3 Å². The number of carbonyl (C=O) groups is 2. The predicted molar refractivity (Wildman–Crippen MR) is 82.5 cm³/mol. The number of carbonyl (C=O) groups excluding carboxylic acids is 1. The molecule has 3 N–H and O–H groups in total. The van der Waals surface area contributed by atoms with E-state index in [4.69, 9.17) is 0 Å². The van der Waals surface area contributed by atoms with E-state index in [0.29, 0.717) is 5.69 Å². The maximum absolute atomic E-state index is 12.1. The molecular formula is C15H11BrN2O3. The van der Waals surface area contributed by atoms with E-state index in [1.165, 1.54) is 6.07 Å². The van der Waals surface area contributed by atoms with Crippen LogP contribution in [-0.4, -0.2) is 17.0 Å². The van der Waals surface area contributed by atoms with Crippen LogP contribution in [0.5, 0.6) is 0 Å². The Morgan fingerprint density at radius 1 is 1.19 bits per heavy atom. The van der Waals surface area contributed by atoms with E-state index in [1.54, 1.807) is 18.2 Å². The zero-order valence-electron chi connectivity index (χ0n) is 10.8. The van der Waals surface area contributed by atoms with Gasteiger partial charge in [0.15, 0.2) is 0 Å². The normalized spacial score (nSPS) is 16.2. The van der Waals surface area contributed by atoms with Gasteiger partial charge < -0.3 is 15.7 Å². The molecule has 6 heteroatoms. The van der Waals surface area contributed by atoms with Crippen LogP contribution in [0.15, 0.2) is 46.9 Å². The predicted octanol–water partition coefficient (Wildman–Crippen LogP) is 3.25. The average molecular weight is 347 g/mol. The molecule has 0 radical (unpaired) electrons. The Morgan fingerprint density at radius 2 is 1.95 bits per heavy atom. The second-order valence-corrected chi connectivity index (χ2v) is 5.47. The summed E-state index contributed by atoms with van der Waals surface area (Å²) in [7, 11) is 0. The molecule has 1 aliphatic rings. The number of aromatic carboxylic acids is 1. The van der Waals surface area contributed by atoms with Crippen LogP contribution in [0, 0.1) is 0 Å². The van der Waals surface area contributed by atoms with Crippen molar-refractivity contribution in [2.24, 2.45) is 0 Å². The molecule has 21 heavy (non-hydrogen) atoms. The zero-order chi connectivity index (χ0) is 15.0. The number of nitrogens with one attached hydrogen (secondary N) is 2. The second-order valence-electron chi connectivity index (χ2n) is 4.62. The first-order valence-corrected chi connectivity index (χ1v) is 7.05. The van der Waals surface area contributed by atoms with Crippen molar-refractivity contribution in [1.82, 2.24) is 0 Å². The van der Waals surface area contributed by atoms with Crippen molar-refractivity contribution in [2.75, 3.05) is 10.6 Å². The highest BCUT2D eigenvalue weighted by atomic mass is 79.9. The lowest BCUT2D eigenvalue weighted by molar-refractivity contribution is -0.116. The SMILES string of the molecule is O=C(O)c1ccccc1NC1C(=O)Nc2cccc(Br)c21. The van der Waals surface area contributed by atoms with Crippen LogP contribution >= 0.6 is 15.9 Å². The fraction of sp³-hybridized carbons (Fsp3) is 0.0667. The van der Waals surface area contributed by atoms with Gasteiger partial charge in [-0.1, -0.05) is 34.1 Å². The van der Waals surface area contributed by atoms with Gasteiger partial charge in [0, 0.05) is 21.4 Å². The van der Waals surface area contributed by atoms with E-state index >= 15 is 0 Å². The van der Waals surface area contributed by atoms with E-state index in [1.807, 2.05) is 18.2 Å². The largest absolute Gasteiger partial charge is 0.478 e. The monoisotopic (exact) mass is 346 g/mol. The first kappa shape index (κ1) is 13.6. The van der Waals surface area contributed by atoms with Gasteiger partial charge >= 0.3 is 5.97 Å². The number of hydrogen-bond donors (Lipinski definition) is 3. The summed E-state index contributed by atoms with van der Waals surface area (Å²) in [5.74, 6) is -1.25. The maximum Gasteiger partial charge on any atom is 0.337 e. The van der Waals surface area contributed by atoms with Crippen LogP contribution in [-0.2, 0) is 4.79 Å². The lowest BCUT2D eigenvalue weighted by Crippen LogP contribution is -2.21. The van der Waals surface area contributed by atoms with E-state index in [0.717, 1.165) is 15.7 Å². The van der Waals surface area contributed by atoms with Gasteiger partial charge in [-0.25, -0.2) is 4.79 Å². The summed E-state index contributed by atoms with van der Waals surface area (Å²) in [5.41, 5.74) is 2.04. The molecule has 1 unspecified atom stereocenters. The molecule has 0 saturated heterocycles. The van der Waals surface area contributed by atoms with Gasteiger partial charge in [0.2, 0.25) is 0 Å². The Morgan fingerprint density at radius 3 is 2.71 bits per heavy atom. The molecule has 1 aliphatic heterocycles. The van der Waals surface area contributed by atoms with Crippen molar-refractivity contribution in [2.45, 2.75) is 6.04 Å². The molecule has 1 atom stereocenters. The van der Waals surface area contributed by atoms with E-state index in [2.05, 4.69) is 26.6 Å². The Balaban J connectivity index is 2.01. The summed E-state index contributed by atoms with van der Waals surface area (Å²) in [6.45, 7) is 0. The average Bonchev–Trinajstić information content (AvgIpc) is 2.77. The number of hydrogen-bond acceptors (Lipinski definition) is 3. The highest BCUT2D eigenvalue weighted by molar-refractivity contribution is 9.10. The van der Waals surface area contributed by atoms with Crippen LogP contribution in [0.3, 0.4) is 0 Å². The Kier molecular flexibility index (Phi) is 3.39. The minimum absolute atomic E-state index is 0.130. The summed E-state index contributed by atoms with van der Waals surface area (Å²) < 4.78 is 0.795. The molecule has 106 valence electrons. The third-order valence-corrected chi connectivity index (χ3v) is 4.01. The smallest absolute Gasteiger partial charge is 0.337 e. The topological polar surface area (TPSA) is 78.4 Å². The van der Waals surface area contributed by atoms with Crippen molar-refractivity contribution < 1.29 is 14.7 Å². The molecule has 1 amide bonds. The third-order valence-electron chi connectivity index (χ3n) is 3.32. The summed E-state index contributed by atoms with van der Waals surface area (Å²) in [4.78, 5) is 23.4. The second kappa shape index (κ2) is 5.21. The summed E-state index contributed by atoms with van der Waals surface area (Å²) >= 11 is 3.43. The molecule has 0 bridgehead atoms. The molecule has 0 aliphatic carbocycles. The highest BCUT2D eigenvalue weighted by Crippen LogP contribution is 2.38. The van der Waals surface area contributed by atoms with Gasteiger partial charge in [0.05, 0.1) is 5.56 Å². The first-order valence-electron chi connectivity index (χ1n) is 6.26. The lowest BCUT2D eigenvalue weighted by Gasteiger charge is -2.15. The molecule has 3 rings (SSSR count). The van der Waals surface area contributed by atoms with Gasteiger partial charge in [-0.15, -0.1) is 0 Å². The van der Waals surface area contributed by atoms with Crippen molar-refractivity contribution in [1.29, 1.82) is 0 Å². The lowest BCUT2D eigenvalue weighted by atomic mass is 10.1. The van der Waals surface area contributed by atoms with Crippen LogP contribution in [0.25, 0.3) is 0 Å². The Labute approximate surface area is 129 Å². The molecular weight excluding hydrogens is 336 g/mol. The van der Waals surface area contributed by atoms with Crippen LogP contribution in [0.4, 0.5) is 11.4 Å². The minimum atomic E-state index is -1.04. The number of carboxylic acids is 1. The number of para-hydroxylation sites is 1. The summed E-state index contributed by atoms with van der Waals surface area (Å²) in [6.07, 6.45) is 0. The van der Waals surface area contributed by atoms with Crippen molar-refractivity contribution in [3.8, 4) is 0 Å². The number of amides is 1. The number of fused-ring (bicyclic) bond motifs is 1. The van der Waals surface area contributed by atoms with Gasteiger partial charge in [0.25, 0.3) is 5.91 Å². The third kappa shape index (κ3) is 2.38. The van der Waals surface area contributed by atoms with Gasteiger partial charge in [-0.2, -0.15) is 0 Å². The van der Waals surface area contributed by atoms with Crippen LogP contribution in [0.1, 0.15) is 22.0 Å².